The van der Waals surface area contributed by atoms with Crippen molar-refractivity contribution >= 4 is 27.3 Å². The summed E-state index contributed by atoms with van der Waals surface area (Å²) in [4.78, 5) is 5.65. The van der Waals surface area contributed by atoms with Crippen molar-refractivity contribution in [2.75, 3.05) is 0 Å². The van der Waals surface area contributed by atoms with Gasteiger partial charge in [-0.05, 0) is 35.0 Å². The highest BCUT2D eigenvalue weighted by Gasteiger charge is 2.03. The zero-order valence-corrected chi connectivity index (χ0v) is 11.5. The molecular weight excluding hydrogens is 286 g/mol. The molecule has 0 bridgehead atoms. The third-order valence-corrected chi connectivity index (χ3v) is 3.79. The minimum Gasteiger partial charge on any atom is -0.332 e. The van der Waals surface area contributed by atoms with Crippen LogP contribution in [0.2, 0.25) is 0 Å². The predicted octanol–water partition coefficient (Wildman–Crippen LogP) is 2.65. The molecule has 0 radical (unpaired) electrons. The molecule has 2 aromatic rings. The highest BCUT2D eigenvalue weighted by Crippen LogP contribution is 2.22. The summed E-state index contributed by atoms with van der Waals surface area (Å²) < 4.78 is 3.26. The fourth-order valence-electron chi connectivity index (χ4n) is 1.54. The zero-order valence-electron chi connectivity index (χ0n) is 9.06. The van der Waals surface area contributed by atoms with Gasteiger partial charge in [0.1, 0.15) is 0 Å². The van der Waals surface area contributed by atoms with Crippen LogP contribution in [0.1, 0.15) is 17.5 Å². The number of nitrogens with zero attached hydrogens (tertiary/aromatic N) is 2. The van der Waals surface area contributed by atoms with Crippen molar-refractivity contribution in [2.45, 2.75) is 25.9 Å². The van der Waals surface area contributed by atoms with Gasteiger partial charge in [-0.2, -0.15) is 0 Å². The minimum atomic E-state index is 0.166. The first-order valence-electron chi connectivity index (χ1n) is 5.14. The van der Waals surface area contributed by atoms with Crippen LogP contribution in [0.3, 0.4) is 0 Å². The predicted molar refractivity (Wildman–Crippen MR) is 70.7 cm³/mol. The van der Waals surface area contributed by atoms with Gasteiger partial charge >= 0.3 is 0 Å². The number of imidazole rings is 1. The largest absolute Gasteiger partial charge is 0.332 e. The Morgan fingerprint density at radius 1 is 1.56 bits per heavy atom. The lowest BCUT2D eigenvalue weighted by Gasteiger charge is -2.00. The third kappa shape index (κ3) is 3.17. The fraction of sp³-hybridized carbons (Fsp3) is 0.364. The summed E-state index contributed by atoms with van der Waals surface area (Å²) in [7, 11) is 0. The van der Waals surface area contributed by atoms with Crippen molar-refractivity contribution in [2.24, 2.45) is 5.73 Å². The van der Waals surface area contributed by atoms with Gasteiger partial charge in [-0.15, -0.1) is 11.3 Å². The van der Waals surface area contributed by atoms with Crippen LogP contribution in [0.25, 0.3) is 0 Å². The molecule has 2 aromatic heterocycles. The quantitative estimate of drug-likeness (QED) is 0.943. The lowest BCUT2D eigenvalue weighted by atomic mass is 10.2. The molecule has 0 aliphatic heterocycles. The number of halogens is 1. The van der Waals surface area contributed by atoms with Gasteiger partial charge in [0, 0.05) is 23.5 Å². The zero-order chi connectivity index (χ0) is 11.5. The van der Waals surface area contributed by atoms with E-state index in [-0.39, 0.29) is 6.04 Å². The standard InChI is InChI=1S/C11H14BrN3S/c1-8(13)4-9-5-15(7-14-9)6-10-2-3-11(12)16-10/h2-3,5,7-8H,4,6,13H2,1H3. The van der Waals surface area contributed by atoms with Crippen molar-refractivity contribution in [3.05, 3.63) is 39.0 Å². The monoisotopic (exact) mass is 299 g/mol. The molecule has 0 fully saturated rings. The molecular formula is C11H14BrN3S. The lowest BCUT2D eigenvalue weighted by molar-refractivity contribution is 0.723. The molecule has 0 aliphatic rings. The third-order valence-electron chi connectivity index (χ3n) is 2.19. The molecule has 16 heavy (non-hydrogen) atoms. The van der Waals surface area contributed by atoms with Crippen molar-refractivity contribution in [3.8, 4) is 0 Å². The van der Waals surface area contributed by atoms with Crippen LogP contribution < -0.4 is 5.73 Å². The summed E-state index contributed by atoms with van der Waals surface area (Å²) in [6.45, 7) is 2.87. The lowest BCUT2D eigenvalue weighted by Crippen LogP contribution is -2.17. The Labute approximate surface area is 107 Å². The maximum absolute atomic E-state index is 5.74. The van der Waals surface area contributed by atoms with Crippen molar-refractivity contribution < 1.29 is 0 Å². The molecule has 86 valence electrons. The Morgan fingerprint density at radius 3 is 3.00 bits per heavy atom. The van der Waals surface area contributed by atoms with E-state index in [9.17, 15) is 0 Å². The highest BCUT2D eigenvalue weighted by atomic mass is 79.9. The number of rotatable bonds is 4. The van der Waals surface area contributed by atoms with Crippen LogP contribution in [0.5, 0.6) is 0 Å². The fourth-order valence-corrected chi connectivity index (χ4v) is 3.04. The minimum absolute atomic E-state index is 0.166. The van der Waals surface area contributed by atoms with Gasteiger partial charge in [0.15, 0.2) is 0 Å². The summed E-state index contributed by atoms with van der Waals surface area (Å²) in [6.07, 6.45) is 4.77. The van der Waals surface area contributed by atoms with E-state index < -0.39 is 0 Å². The molecule has 3 nitrogen and oxygen atoms in total. The van der Waals surface area contributed by atoms with Gasteiger partial charge in [-0.25, -0.2) is 4.98 Å². The normalized spacial score (nSPS) is 12.9. The Morgan fingerprint density at radius 2 is 2.38 bits per heavy atom. The van der Waals surface area contributed by atoms with E-state index in [1.54, 1.807) is 11.3 Å². The van der Waals surface area contributed by atoms with Gasteiger partial charge in [0.2, 0.25) is 0 Å². The molecule has 0 aliphatic carbocycles. The number of hydrogen-bond donors (Lipinski definition) is 1. The molecule has 5 heteroatoms. The maximum Gasteiger partial charge on any atom is 0.0952 e. The molecule has 0 amide bonds. The first-order chi connectivity index (χ1) is 7.63. The summed E-state index contributed by atoms with van der Waals surface area (Å²) in [6, 6.07) is 4.36. The summed E-state index contributed by atoms with van der Waals surface area (Å²) in [5, 5.41) is 0. The van der Waals surface area contributed by atoms with Crippen LogP contribution in [0, 0.1) is 0 Å². The van der Waals surface area contributed by atoms with Crippen LogP contribution in [-0.2, 0) is 13.0 Å². The average molecular weight is 300 g/mol. The molecule has 0 saturated heterocycles. The number of thiophene rings is 1. The second kappa shape index (κ2) is 5.12. The Balaban J connectivity index is 2.02. The second-order valence-corrected chi connectivity index (χ2v) is 6.47. The van der Waals surface area contributed by atoms with Crippen molar-refractivity contribution in [1.82, 2.24) is 9.55 Å². The summed E-state index contributed by atoms with van der Waals surface area (Å²) >= 11 is 5.21. The number of nitrogens with two attached hydrogens (primary N) is 1. The first kappa shape index (κ1) is 11.8. The molecule has 0 aromatic carbocycles. The second-order valence-electron chi connectivity index (χ2n) is 3.92. The van der Waals surface area contributed by atoms with E-state index in [1.807, 2.05) is 13.3 Å². The van der Waals surface area contributed by atoms with Gasteiger partial charge in [-0.3, -0.25) is 0 Å². The highest BCUT2D eigenvalue weighted by molar-refractivity contribution is 9.11. The topological polar surface area (TPSA) is 43.8 Å². The Kier molecular flexibility index (Phi) is 3.78. The Hall–Kier alpha value is -0.650. The van der Waals surface area contributed by atoms with Crippen LogP contribution in [0.15, 0.2) is 28.4 Å². The molecule has 2 rings (SSSR count). The van der Waals surface area contributed by atoms with Crippen LogP contribution in [0.4, 0.5) is 0 Å². The van der Waals surface area contributed by atoms with Gasteiger partial charge in [-0.1, -0.05) is 0 Å². The van der Waals surface area contributed by atoms with Crippen molar-refractivity contribution in [3.63, 3.8) is 0 Å². The maximum atomic E-state index is 5.74. The van der Waals surface area contributed by atoms with E-state index in [0.717, 1.165) is 18.7 Å². The van der Waals surface area contributed by atoms with E-state index >= 15 is 0 Å². The first-order valence-corrected chi connectivity index (χ1v) is 6.75. The smallest absolute Gasteiger partial charge is 0.0952 e. The molecule has 0 spiro atoms. The summed E-state index contributed by atoms with van der Waals surface area (Å²) in [5.74, 6) is 0. The van der Waals surface area contributed by atoms with Crippen LogP contribution in [-0.4, -0.2) is 15.6 Å². The van der Waals surface area contributed by atoms with Gasteiger partial charge < -0.3 is 10.3 Å². The molecule has 2 N–H and O–H groups in total. The molecule has 1 unspecified atom stereocenters. The summed E-state index contributed by atoms with van der Waals surface area (Å²) in [5.41, 5.74) is 6.80. The molecule has 1 atom stereocenters. The van der Waals surface area contributed by atoms with Gasteiger partial charge in [0.25, 0.3) is 0 Å². The van der Waals surface area contributed by atoms with E-state index in [4.69, 9.17) is 5.73 Å². The van der Waals surface area contributed by atoms with Gasteiger partial charge in [0.05, 0.1) is 22.4 Å². The molecule has 2 heterocycles. The van der Waals surface area contributed by atoms with E-state index in [0.29, 0.717) is 0 Å². The number of aromatic nitrogens is 2. The average Bonchev–Trinajstić information content (AvgIpc) is 2.76. The number of hydrogen-bond acceptors (Lipinski definition) is 3. The Bertz CT molecular complexity index is 461. The molecule has 0 saturated carbocycles. The van der Waals surface area contributed by atoms with Crippen LogP contribution >= 0.6 is 27.3 Å². The van der Waals surface area contributed by atoms with Crippen molar-refractivity contribution in [1.29, 1.82) is 0 Å². The SMILES string of the molecule is CC(N)Cc1cn(Cc2ccc(Br)s2)cn1. The van der Waals surface area contributed by atoms with E-state index in [2.05, 4.69) is 43.8 Å². The van der Waals surface area contributed by atoms with E-state index in [1.165, 1.54) is 8.66 Å².